The van der Waals surface area contributed by atoms with E-state index >= 15 is 0 Å². The molecule has 1 amide bonds. The highest BCUT2D eigenvalue weighted by Gasteiger charge is 2.45. The van der Waals surface area contributed by atoms with E-state index in [0.717, 1.165) is 36.1 Å². The molecule has 0 saturated heterocycles. The van der Waals surface area contributed by atoms with Crippen LogP contribution >= 0.6 is 0 Å². The summed E-state index contributed by atoms with van der Waals surface area (Å²) in [6, 6.07) is 0. The van der Waals surface area contributed by atoms with E-state index in [1.807, 2.05) is 0 Å². The molecule has 3 unspecified atom stereocenters. The van der Waals surface area contributed by atoms with Crippen molar-refractivity contribution in [2.24, 2.45) is 17.8 Å². The summed E-state index contributed by atoms with van der Waals surface area (Å²) >= 11 is 0. The minimum Gasteiger partial charge on any atom is -0.376 e. The highest BCUT2D eigenvalue weighted by Crippen LogP contribution is 2.53. The maximum atomic E-state index is 12.2. The van der Waals surface area contributed by atoms with Gasteiger partial charge in [0, 0.05) is 24.1 Å². The molecule has 0 radical (unpaired) electrons. The Hall–Kier alpha value is -1.36. The molecule has 2 heterocycles. The number of aromatic amines is 1. The smallest absolute Gasteiger partial charge is 0.225 e. The number of nitrogens with zero attached hydrogens (tertiary/aromatic N) is 1. The van der Waals surface area contributed by atoms with Crippen molar-refractivity contribution >= 4 is 11.7 Å². The number of hydrogen-bond donors (Lipinski definition) is 2. The topological polar surface area (TPSA) is 67.0 Å². The fraction of sp³-hybridized carbons (Fsp3) is 0.733. The summed E-state index contributed by atoms with van der Waals surface area (Å²) in [4.78, 5) is 12.2. The van der Waals surface area contributed by atoms with Gasteiger partial charge in [-0.1, -0.05) is 12.8 Å². The lowest BCUT2D eigenvalue weighted by Crippen LogP contribution is -2.21. The number of rotatable bonds is 3. The first kappa shape index (κ1) is 12.4. The molecule has 2 fully saturated rings. The Morgan fingerprint density at radius 3 is 3.35 bits per heavy atom. The molecule has 0 aromatic carbocycles. The van der Waals surface area contributed by atoms with Gasteiger partial charge in [-0.05, 0) is 30.6 Å². The van der Waals surface area contributed by atoms with E-state index in [9.17, 15) is 4.79 Å². The van der Waals surface area contributed by atoms with Crippen molar-refractivity contribution in [3.8, 4) is 0 Å². The quantitative estimate of drug-likeness (QED) is 0.889. The zero-order valence-corrected chi connectivity index (χ0v) is 11.7. The van der Waals surface area contributed by atoms with Gasteiger partial charge in [-0.3, -0.25) is 9.89 Å². The average Bonchev–Trinajstić information content (AvgIpc) is 3.16. The number of ether oxygens (including phenoxy) is 1. The minimum atomic E-state index is 0.113. The van der Waals surface area contributed by atoms with E-state index in [0.29, 0.717) is 24.8 Å². The highest BCUT2D eigenvalue weighted by atomic mass is 16.5. The van der Waals surface area contributed by atoms with Gasteiger partial charge in [-0.15, -0.1) is 0 Å². The second kappa shape index (κ2) is 4.88. The number of fused-ring (bicyclic) bond motifs is 2. The lowest BCUT2D eigenvalue weighted by Gasteiger charge is -2.20. The zero-order chi connectivity index (χ0) is 13.5. The number of carbonyl (C=O) groups is 1. The maximum Gasteiger partial charge on any atom is 0.225 e. The summed E-state index contributed by atoms with van der Waals surface area (Å²) in [6.45, 7) is 1.28. The van der Waals surface area contributed by atoms with Gasteiger partial charge >= 0.3 is 0 Å². The van der Waals surface area contributed by atoms with Crippen LogP contribution in [0.4, 0.5) is 5.82 Å². The summed E-state index contributed by atoms with van der Waals surface area (Å²) in [7, 11) is 0. The van der Waals surface area contributed by atoms with Crippen molar-refractivity contribution in [2.45, 2.75) is 45.1 Å². The van der Waals surface area contributed by atoms with Crippen LogP contribution in [0.1, 0.15) is 43.4 Å². The number of amides is 1. The van der Waals surface area contributed by atoms with Crippen LogP contribution in [0.15, 0.2) is 0 Å². The van der Waals surface area contributed by atoms with Crippen molar-refractivity contribution in [1.29, 1.82) is 0 Å². The van der Waals surface area contributed by atoms with Gasteiger partial charge in [0.15, 0.2) is 5.82 Å². The molecule has 3 atom stereocenters. The summed E-state index contributed by atoms with van der Waals surface area (Å²) in [5.74, 6) is 3.13. The third kappa shape index (κ3) is 2.24. The van der Waals surface area contributed by atoms with Gasteiger partial charge in [0.25, 0.3) is 0 Å². The first-order valence-electron chi connectivity index (χ1n) is 7.75. The van der Waals surface area contributed by atoms with E-state index in [4.69, 9.17) is 4.74 Å². The van der Waals surface area contributed by atoms with Crippen molar-refractivity contribution in [1.82, 2.24) is 10.2 Å². The molecule has 4 rings (SSSR count). The molecule has 5 heteroatoms. The van der Waals surface area contributed by atoms with Gasteiger partial charge in [0.2, 0.25) is 5.91 Å². The number of aromatic nitrogens is 2. The van der Waals surface area contributed by atoms with E-state index in [1.165, 1.54) is 25.7 Å². The molecule has 1 aromatic heterocycles. The SMILES string of the molecule is O=C(CC1CCCC2CC12)Nc1n[nH]c2c1COCC2. The molecule has 5 nitrogen and oxygen atoms in total. The Balaban J connectivity index is 1.39. The predicted octanol–water partition coefficient (Wildman–Crippen LogP) is 2.25. The summed E-state index contributed by atoms with van der Waals surface area (Å²) in [5.41, 5.74) is 2.13. The van der Waals surface area contributed by atoms with Crippen molar-refractivity contribution in [3.63, 3.8) is 0 Å². The van der Waals surface area contributed by atoms with Gasteiger partial charge < -0.3 is 10.1 Å². The van der Waals surface area contributed by atoms with Crippen LogP contribution < -0.4 is 5.32 Å². The monoisotopic (exact) mass is 275 g/mol. The van der Waals surface area contributed by atoms with Crippen molar-refractivity contribution in [3.05, 3.63) is 11.3 Å². The fourth-order valence-electron chi connectivity index (χ4n) is 3.93. The molecule has 2 N–H and O–H groups in total. The van der Waals surface area contributed by atoms with Gasteiger partial charge in [-0.25, -0.2) is 0 Å². The fourth-order valence-corrected chi connectivity index (χ4v) is 3.93. The van der Waals surface area contributed by atoms with Gasteiger partial charge in [0.05, 0.1) is 13.2 Å². The maximum absolute atomic E-state index is 12.2. The van der Waals surface area contributed by atoms with Crippen LogP contribution in [0.25, 0.3) is 0 Å². The van der Waals surface area contributed by atoms with Crippen molar-refractivity contribution in [2.75, 3.05) is 11.9 Å². The average molecular weight is 275 g/mol. The van der Waals surface area contributed by atoms with Crippen LogP contribution in [-0.4, -0.2) is 22.7 Å². The highest BCUT2D eigenvalue weighted by molar-refractivity contribution is 5.90. The van der Waals surface area contributed by atoms with Crippen LogP contribution in [-0.2, 0) is 22.6 Å². The molecule has 3 aliphatic rings. The first-order valence-corrected chi connectivity index (χ1v) is 7.75. The second-order valence-corrected chi connectivity index (χ2v) is 6.43. The lowest BCUT2D eigenvalue weighted by atomic mass is 9.86. The number of carbonyl (C=O) groups excluding carboxylic acids is 1. The van der Waals surface area contributed by atoms with Crippen LogP contribution in [0, 0.1) is 17.8 Å². The molecular weight excluding hydrogens is 254 g/mol. The summed E-state index contributed by atoms with van der Waals surface area (Å²) < 4.78 is 5.44. The third-order valence-corrected chi connectivity index (χ3v) is 5.13. The van der Waals surface area contributed by atoms with Gasteiger partial charge in [0.1, 0.15) is 0 Å². The third-order valence-electron chi connectivity index (χ3n) is 5.13. The molecular formula is C15H21N3O2. The standard InChI is InChI=1S/C15H21N3O2/c19-14(7-10-3-1-2-9-6-11(9)10)16-15-12-8-20-5-4-13(12)17-18-15/h9-11H,1-8H2,(H2,16,17,18,19). The van der Waals surface area contributed by atoms with Crippen LogP contribution in [0.5, 0.6) is 0 Å². The Morgan fingerprint density at radius 2 is 2.40 bits per heavy atom. The summed E-state index contributed by atoms with van der Waals surface area (Å²) in [6.07, 6.45) is 6.76. The largest absolute Gasteiger partial charge is 0.376 e. The van der Waals surface area contributed by atoms with E-state index < -0.39 is 0 Å². The van der Waals surface area contributed by atoms with Gasteiger partial charge in [-0.2, -0.15) is 5.10 Å². The van der Waals surface area contributed by atoms with E-state index in [-0.39, 0.29) is 5.91 Å². The Labute approximate surface area is 118 Å². The van der Waals surface area contributed by atoms with Crippen molar-refractivity contribution < 1.29 is 9.53 Å². The summed E-state index contributed by atoms with van der Waals surface area (Å²) in [5, 5.41) is 10.2. The number of nitrogens with one attached hydrogen (secondary N) is 2. The van der Waals surface area contributed by atoms with E-state index in [2.05, 4.69) is 15.5 Å². The Morgan fingerprint density at radius 1 is 1.45 bits per heavy atom. The molecule has 0 bridgehead atoms. The Bertz CT molecular complexity index is 525. The molecule has 1 aliphatic heterocycles. The minimum absolute atomic E-state index is 0.113. The Kier molecular flexibility index (Phi) is 3.02. The second-order valence-electron chi connectivity index (χ2n) is 6.43. The molecule has 108 valence electrons. The number of anilines is 1. The molecule has 20 heavy (non-hydrogen) atoms. The van der Waals surface area contributed by atoms with Crippen LogP contribution in [0.3, 0.4) is 0 Å². The lowest BCUT2D eigenvalue weighted by molar-refractivity contribution is -0.117. The number of H-pyrrole nitrogens is 1. The molecule has 2 saturated carbocycles. The zero-order valence-electron chi connectivity index (χ0n) is 11.7. The van der Waals surface area contributed by atoms with E-state index in [1.54, 1.807) is 0 Å². The first-order chi connectivity index (χ1) is 9.81. The number of hydrogen-bond acceptors (Lipinski definition) is 3. The predicted molar refractivity (Wildman–Crippen MR) is 74.1 cm³/mol. The molecule has 0 spiro atoms. The molecule has 1 aromatic rings. The molecule has 2 aliphatic carbocycles. The normalized spacial score (nSPS) is 31.3. The van der Waals surface area contributed by atoms with Crippen LogP contribution in [0.2, 0.25) is 0 Å².